The number of nitro benzene ring substituents is 1. The first-order valence-corrected chi connectivity index (χ1v) is 11.2. The minimum Gasteiger partial charge on any atom is -0.454 e. The third-order valence-corrected chi connectivity index (χ3v) is 6.22. The van der Waals surface area contributed by atoms with Crippen molar-refractivity contribution in [1.29, 1.82) is 0 Å². The number of esters is 1. The number of ketones is 2. The molecule has 0 fully saturated rings. The smallest absolute Gasteiger partial charge is 0.339 e. The van der Waals surface area contributed by atoms with Crippen molar-refractivity contribution >= 4 is 35.0 Å². The summed E-state index contributed by atoms with van der Waals surface area (Å²) in [5, 5.41) is 11.4. The third kappa shape index (κ3) is 4.88. The van der Waals surface area contributed by atoms with Gasteiger partial charge in [0.15, 0.2) is 12.4 Å². The van der Waals surface area contributed by atoms with Crippen molar-refractivity contribution in [3.05, 3.63) is 92.3 Å². The first-order valence-electron chi connectivity index (χ1n) is 9.95. The highest BCUT2D eigenvalue weighted by molar-refractivity contribution is 7.98. The molecule has 0 aliphatic carbocycles. The fourth-order valence-corrected chi connectivity index (χ4v) is 3.96. The van der Waals surface area contributed by atoms with Crippen LogP contribution in [0.15, 0.2) is 53.4 Å². The second-order valence-corrected chi connectivity index (χ2v) is 8.21. The molecule has 33 heavy (non-hydrogen) atoms. The van der Waals surface area contributed by atoms with Gasteiger partial charge in [-0.05, 0) is 44.4 Å². The highest BCUT2D eigenvalue weighted by Crippen LogP contribution is 2.29. The largest absolute Gasteiger partial charge is 0.454 e. The Hall–Kier alpha value is -3.72. The second-order valence-electron chi connectivity index (χ2n) is 7.36. The number of Topliss-reactive ketones (excluding diaryl/α,β-unsaturated/α-hetero) is 1. The summed E-state index contributed by atoms with van der Waals surface area (Å²) in [5.74, 6) is -1.73. The van der Waals surface area contributed by atoms with E-state index in [2.05, 4.69) is 0 Å². The summed E-state index contributed by atoms with van der Waals surface area (Å²) in [4.78, 5) is 49.6. The molecule has 0 amide bonds. The van der Waals surface area contributed by atoms with E-state index in [1.807, 2.05) is 18.5 Å². The quantitative estimate of drug-likeness (QED) is 0.158. The number of ether oxygens (including phenoxy) is 1. The van der Waals surface area contributed by atoms with Crippen LogP contribution in [0.2, 0.25) is 0 Å². The maximum Gasteiger partial charge on any atom is 0.339 e. The van der Waals surface area contributed by atoms with Crippen LogP contribution in [0.25, 0.3) is 0 Å². The van der Waals surface area contributed by atoms with E-state index in [1.165, 1.54) is 42.1 Å². The number of hydrogen-bond donors (Lipinski definition) is 0. The van der Waals surface area contributed by atoms with Gasteiger partial charge in [-0.25, -0.2) is 4.79 Å². The third-order valence-electron chi connectivity index (χ3n) is 5.44. The Bertz CT molecular complexity index is 1280. The number of nitrogens with zero attached hydrogens (tertiary/aromatic N) is 2. The maximum atomic E-state index is 13.1. The zero-order valence-corrected chi connectivity index (χ0v) is 19.4. The minimum atomic E-state index is -0.826. The van der Waals surface area contributed by atoms with Gasteiger partial charge in [0.05, 0.1) is 15.4 Å². The second kappa shape index (κ2) is 9.83. The fourth-order valence-electron chi connectivity index (χ4n) is 3.41. The predicted octanol–water partition coefficient (Wildman–Crippen LogP) is 4.54. The van der Waals surface area contributed by atoms with Crippen LogP contribution in [0.3, 0.4) is 0 Å². The number of nitro groups is 1. The van der Waals surface area contributed by atoms with Gasteiger partial charge in [0, 0.05) is 41.2 Å². The Morgan fingerprint density at radius 2 is 1.70 bits per heavy atom. The molecular weight excluding hydrogens is 444 g/mol. The number of hydrogen-bond acceptors (Lipinski definition) is 7. The van der Waals surface area contributed by atoms with Crippen LogP contribution in [-0.2, 0) is 11.8 Å². The summed E-state index contributed by atoms with van der Waals surface area (Å²) in [5.41, 5.74) is 2.03. The molecule has 0 saturated carbocycles. The summed E-state index contributed by atoms with van der Waals surface area (Å²) in [6, 6.07) is 11.9. The van der Waals surface area contributed by atoms with Crippen molar-refractivity contribution in [3.63, 3.8) is 0 Å². The maximum absolute atomic E-state index is 13.1. The van der Waals surface area contributed by atoms with E-state index in [9.17, 15) is 24.5 Å². The Morgan fingerprint density at radius 1 is 1.03 bits per heavy atom. The van der Waals surface area contributed by atoms with E-state index in [4.69, 9.17) is 4.74 Å². The fraction of sp³-hybridized carbons (Fsp3) is 0.208. The van der Waals surface area contributed by atoms with Gasteiger partial charge in [0.2, 0.25) is 5.78 Å². The van der Waals surface area contributed by atoms with Crippen molar-refractivity contribution in [2.45, 2.75) is 18.7 Å². The number of rotatable bonds is 8. The van der Waals surface area contributed by atoms with Gasteiger partial charge in [-0.3, -0.25) is 19.7 Å². The molecule has 0 atom stereocenters. The lowest BCUT2D eigenvalue weighted by Crippen LogP contribution is -2.17. The standard InChI is InChI=1S/C24H22N2O6S/c1-14-11-19(15(2)25(14)3)21(27)13-32-24(29)18-8-6-5-7-17(18)23(28)16-9-10-22(33-4)20(12-16)26(30)31/h5-12H,13H2,1-4H3. The van der Waals surface area contributed by atoms with Gasteiger partial charge in [0.25, 0.3) is 5.69 Å². The van der Waals surface area contributed by atoms with Gasteiger partial charge in [0.1, 0.15) is 0 Å². The Kier molecular flexibility index (Phi) is 7.13. The first-order chi connectivity index (χ1) is 15.6. The van der Waals surface area contributed by atoms with Gasteiger partial charge < -0.3 is 9.30 Å². The van der Waals surface area contributed by atoms with Gasteiger partial charge in [-0.1, -0.05) is 18.2 Å². The van der Waals surface area contributed by atoms with Crippen molar-refractivity contribution in [1.82, 2.24) is 4.57 Å². The van der Waals surface area contributed by atoms with Crippen LogP contribution in [-0.4, -0.2) is 39.9 Å². The Balaban J connectivity index is 1.84. The van der Waals surface area contributed by atoms with Crippen molar-refractivity contribution in [3.8, 4) is 0 Å². The average molecular weight is 467 g/mol. The van der Waals surface area contributed by atoms with Crippen molar-refractivity contribution < 1.29 is 24.0 Å². The topological polar surface area (TPSA) is 109 Å². The van der Waals surface area contributed by atoms with Crippen LogP contribution in [0.4, 0.5) is 5.69 Å². The number of benzene rings is 2. The molecule has 0 saturated heterocycles. The number of thioether (sulfide) groups is 1. The molecule has 8 nitrogen and oxygen atoms in total. The van der Waals surface area contributed by atoms with E-state index >= 15 is 0 Å². The minimum absolute atomic E-state index is 0.0205. The lowest BCUT2D eigenvalue weighted by molar-refractivity contribution is -0.387. The molecule has 0 aliphatic heterocycles. The monoisotopic (exact) mass is 466 g/mol. The lowest BCUT2D eigenvalue weighted by atomic mass is 9.98. The van der Waals surface area contributed by atoms with E-state index < -0.39 is 23.3 Å². The highest BCUT2D eigenvalue weighted by atomic mass is 32.2. The molecule has 0 bridgehead atoms. The normalized spacial score (nSPS) is 10.7. The number of carbonyl (C=O) groups is 3. The SMILES string of the molecule is CSc1ccc(C(=O)c2ccccc2C(=O)OCC(=O)c2cc(C)n(C)c2C)cc1[N+](=O)[O-]. The summed E-state index contributed by atoms with van der Waals surface area (Å²) < 4.78 is 7.08. The van der Waals surface area contributed by atoms with E-state index in [1.54, 1.807) is 31.4 Å². The summed E-state index contributed by atoms with van der Waals surface area (Å²) in [6.07, 6.45) is 1.70. The number of aromatic nitrogens is 1. The van der Waals surface area contributed by atoms with Crippen LogP contribution in [0.5, 0.6) is 0 Å². The van der Waals surface area contributed by atoms with E-state index in [-0.39, 0.29) is 28.2 Å². The zero-order valence-electron chi connectivity index (χ0n) is 18.6. The van der Waals surface area contributed by atoms with E-state index in [0.717, 1.165) is 11.4 Å². The average Bonchev–Trinajstić information content (AvgIpc) is 3.08. The molecule has 9 heteroatoms. The van der Waals surface area contributed by atoms with Gasteiger partial charge in [-0.2, -0.15) is 0 Å². The molecule has 0 unspecified atom stereocenters. The van der Waals surface area contributed by atoms with Gasteiger partial charge >= 0.3 is 5.97 Å². The molecule has 1 heterocycles. The molecular formula is C24H22N2O6S. The molecule has 1 aromatic heterocycles. The summed E-state index contributed by atoms with van der Waals surface area (Å²) in [7, 11) is 1.84. The molecule has 3 aromatic rings. The first kappa shape index (κ1) is 23.9. The number of carbonyl (C=O) groups excluding carboxylic acids is 3. The Morgan fingerprint density at radius 3 is 2.27 bits per heavy atom. The van der Waals surface area contributed by atoms with Crippen molar-refractivity contribution in [2.24, 2.45) is 7.05 Å². The molecule has 170 valence electrons. The predicted molar refractivity (Wildman–Crippen MR) is 124 cm³/mol. The van der Waals surface area contributed by atoms with Crippen molar-refractivity contribution in [2.75, 3.05) is 12.9 Å². The molecule has 0 spiro atoms. The van der Waals surface area contributed by atoms with Crippen LogP contribution in [0.1, 0.15) is 48.0 Å². The zero-order chi connectivity index (χ0) is 24.3. The highest BCUT2D eigenvalue weighted by Gasteiger charge is 2.23. The Labute approximate surface area is 194 Å². The van der Waals surface area contributed by atoms with Crippen LogP contribution in [0, 0.1) is 24.0 Å². The summed E-state index contributed by atoms with van der Waals surface area (Å²) >= 11 is 1.20. The summed E-state index contributed by atoms with van der Waals surface area (Å²) in [6.45, 7) is 3.20. The van der Waals surface area contributed by atoms with Crippen LogP contribution >= 0.6 is 11.8 Å². The van der Waals surface area contributed by atoms with Gasteiger partial charge in [-0.15, -0.1) is 11.8 Å². The number of aryl methyl sites for hydroxylation is 1. The molecule has 3 rings (SSSR count). The lowest BCUT2D eigenvalue weighted by Gasteiger charge is -2.10. The molecule has 0 aliphatic rings. The van der Waals surface area contributed by atoms with E-state index in [0.29, 0.717) is 10.5 Å². The molecule has 0 N–H and O–H groups in total. The molecule has 0 radical (unpaired) electrons. The molecule has 2 aromatic carbocycles. The van der Waals surface area contributed by atoms with Crippen LogP contribution < -0.4 is 0 Å².